The van der Waals surface area contributed by atoms with Gasteiger partial charge in [0.1, 0.15) is 24.7 Å². The smallest absolute Gasteiger partial charge is 0.406 e. The van der Waals surface area contributed by atoms with Crippen LogP contribution in [0.15, 0.2) is 35.8 Å². The number of halogens is 5. The van der Waals surface area contributed by atoms with Gasteiger partial charge in [0.05, 0.1) is 52.1 Å². The third-order valence-electron chi connectivity index (χ3n) is 16.0. The number of fused-ring (bicyclic) bond motifs is 6. The van der Waals surface area contributed by atoms with Crippen LogP contribution in [0.1, 0.15) is 89.1 Å². The summed E-state index contributed by atoms with van der Waals surface area (Å²) < 4.78 is 72.3. The summed E-state index contributed by atoms with van der Waals surface area (Å²) in [6.45, 7) is 11.3. The van der Waals surface area contributed by atoms with E-state index in [4.69, 9.17) is 31.0 Å². The second-order valence-corrected chi connectivity index (χ2v) is 23.9. The van der Waals surface area contributed by atoms with Crippen LogP contribution in [-0.4, -0.2) is 167 Å². The number of pyridine rings is 1. The Balaban J connectivity index is 1.12. The van der Waals surface area contributed by atoms with Gasteiger partial charge in [-0.1, -0.05) is 45.4 Å². The number of esters is 1. The van der Waals surface area contributed by atoms with Crippen molar-refractivity contribution in [2.75, 3.05) is 78.0 Å². The molecular formula is C54H69ClF4N10O7S. The van der Waals surface area contributed by atoms with Gasteiger partial charge in [-0.15, -0.1) is 11.3 Å². The fraction of sp³-hybridized carbons (Fsp3) is 0.611. The summed E-state index contributed by atoms with van der Waals surface area (Å²) in [7, 11) is 3.58. The molecule has 23 heteroatoms. The van der Waals surface area contributed by atoms with Crippen molar-refractivity contribution in [1.82, 2.24) is 45.0 Å². The molecule has 0 radical (unpaired) electrons. The maximum Gasteiger partial charge on any atom is 0.406 e. The van der Waals surface area contributed by atoms with Crippen LogP contribution in [0.2, 0.25) is 0 Å². The number of nitrogens with zero attached hydrogens (tertiary/aromatic N) is 8. The van der Waals surface area contributed by atoms with Crippen LogP contribution in [0.3, 0.4) is 0 Å². The molecule has 2 N–H and O–H groups in total. The number of cyclic esters (lactones) is 1. The Kier molecular flexibility index (Phi) is 16.4. The highest BCUT2D eigenvalue weighted by Gasteiger charge is 2.53. The molecule has 4 aromatic rings. The van der Waals surface area contributed by atoms with Crippen LogP contribution in [0.5, 0.6) is 0 Å². The van der Waals surface area contributed by atoms with E-state index in [1.54, 1.807) is 32.2 Å². The zero-order valence-corrected chi connectivity index (χ0v) is 46.3. The first-order chi connectivity index (χ1) is 36.5. The van der Waals surface area contributed by atoms with Gasteiger partial charge in [0, 0.05) is 98.7 Å². The number of likely N-dealkylation sites (N-methyl/N-ethyl adjacent to an activating group) is 1. The minimum Gasteiger partial charge on any atom is -0.464 e. The molecule has 1 unspecified atom stereocenters. The van der Waals surface area contributed by atoms with E-state index in [9.17, 15) is 28.4 Å². The average Bonchev–Trinajstić information content (AvgIpc) is 4.19. The van der Waals surface area contributed by atoms with E-state index < -0.39 is 83.0 Å². The Morgan fingerprint density at radius 3 is 2.48 bits per heavy atom. The Bertz CT molecular complexity index is 2890. The lowest BCUT2D eigenvalue weighted by Crippen LogP contribution is -2.63. The van der Waals surface area contributed by atoms with Crippen molar-refractivity contribution < 1.29 is 51.0 Å². The fourth-order valence-corrected chi connectivity index (χ4v) is 12.8. The Morgan fingerprint density at radius 2 is 1.78 bits per heavy atom. The van der Waals surface area contributed by atoms with Crippen molar-refractivity contribution in [3.05, 3.63) is 52.1 Å². The van der Waals surface area contributed by atoms with Gasteiger partial charge in [0.2, 0.25) is 11.8 Å². The number of likely N-dealkylation sites (tertiary alicyclic amines) is 2. The highest BCUT2D eigenvalue weighted by molar-refractivity contribution is 7.10. The Labute approximate surface area is 454 Å². The molecule has 5 aliphatic rings. The standard InChI is InChI=1S/C54H69ClF4N10O7S/c1-31(2)44(67-15-9-13-53(51(67)74)14-17-66(28-53)49(72)46(55)56)47(70)62-39-24-42-61-40(27-77-42)33-11-12-41-35(22-33)37(25-52(4,5)30-76-50(73)38-10-8-16-69(63-38)48(39)71)45(68(41)29-54(57,58)59)36-23-34(26-60-43(36)32(3)75-7)65-20-18-64(6)19-21-65/h11-12,22-23,26-27,31-32,38-39,44,46,63H,8-10,13-21,24-25,28-30H2,1-7H3,(H,62,70)/t32-,38-,39-,44-,46-,53?/m0/s1. The van der Waals surface area contributed by atoms with Crippen LogP contribution < -0.4 is 15.6 Å². The highest BCUT2D eigenvalue weighted by atomic mass is 35.5. The first-order valence-corrected chi connectivity index (χ1v) is 27.8. The number of carbonyl (C=O) groups is 5. The largest absolute Gasteiger partial charge is 0.464 e. The summed E-state index contributed by atoms with van der Waals surface area (Å²) in [4.78, 5) is 87.9. The molecule has 0 saturated carbocycles. The molecule has 17 nitrogen and oxygen atoms in total. The number of carbonyl (C=O) groups excluding carboxylic acids is 5. The fourth-order valence-electron chi connectivity index (χ4n) is 11.9. The number of ether oxygens (including phenoxy) is 2. The molecule has 77 heavy (non-hydrogen) atoms. The third-order valence-corrected chi connectivity index (χ3v) is 17.0. The van der Waals surface area contributed by atoms with Crippen LogP contribution >= 0.6 is 22.9 Å². The van der Waals surface area contributed by atoms with Crippen LogP contribution in [0.25, 0.3) is 33.4 Å². The van der Waals surface area contributed by atoms with Crippen LogP contribution in [-0.2, 0) is 52.8 Å². The van der Waals surface area contributed by atoms with Crippen molar-refractivity contribution in [2.24, 2.45) is 16.7 Å². The second kappa shape index (κ2) is 22.4. The lowest BCUT2D eigenvalue weighted by molar-refractivity contribution is -0.156. The first kappa shape index (κ1) is 56.3. The number of thiazole rings is 1. The topological polar surface area (TPSA) is 175 Å². The Morgan fingerprint density at radius 1 is 1.03 bits per heavy atom. The van der Waals surface area contributed by atoms with Gasteiger partial charge in [0.25, 0.3) is 17.4 Å². The van der Waals surface area contributed by atoms with Crippen LogP contribution in [0, 0.1) is 16.7 Å². The molecule has 4 saturated heterocycles. The number of alkyl halides is 5. The summed E-state index contributed by atoms with van der Waals surface area (Å²) in [5.74, 6) is -3.42. The summed E-state index contributed by atoms with van der Waals surface area (Å²) in [5, 5.41) is 7.12. The third kappa shape index (κ3) is 11.8. The molecule has 4 amide bonds. The van der Waals surface area contributed by atoms with E-state index in [1.165, 1.54) is 37.8 Å². The minimum atomic E-state index is -4.64. The van der Waals surface area contributed by atoms with E-state index >= 15 is 13.2 Å². The number of methoxy groups -OCH3 is 1. The molecule has 1 spiro atoms. The summed E-state index contributed by atoms with van der Waals surface area (Å²) in [6, 6.07) is 3.94. The quantitative estimate of drug-likeness (QED) is 0.0958. The average molecular weight is 1110 g/mol. The number of rotatable bonds is 10. The first-order valence-electron chi connectivity index (χ1n) is 26.5. The zero-order chi connectivity index (χ0) is 55.3. The predicted molar refractivity (Wildman–Crippen MR) is 283 cm³/mol. The maximum absolute atomic E-state index is 15.1. The molecule has 6 atom stereocenters. The number of benzene rings is 1. The van der Waals surface area contributed by atoms with Crippen molar-refractivity contribution in [3.63, 3.8) is 0 Å². The molecule has 6 bridgehead atoms. The molecule has 418 valence electrons. The molecule has 5 aliphatic heterocycles. The van der Waals surface area contributed by atoms with Crippen molar-refractivity contribution in [3.8, 4) is 22.5 Å². The monoisotopic (exact) mass is 1110 g/mol. The van der Waals surface area contributed by atoms with Crippen LogP contribution in [0.4, 0.5) is 23.2 Å². The van der Waals surface area contributed by atoms with Crippen molar-refractivity contribution in [2.45, 2.75) is 122 Å². The van der Waals surface area contributed by atoms with Gasteiger partial charge in [-0.05, 0) is 82.2 Å². The summed E-state index contributed by atoms with van der Waals surface area (Å²) in [6.07, 6.45) is -1.38. The van der Waals surface area contributed by atoms with E-state index in [0.717, 1.165) is 18.8 Å². The number of hydrogen-bond acceptors (Lipinski definition) is 13. The molecule has 1 aromatic carbocycles. The van der Waals surface area contributed by atoms with E-state index in [1.807, 2.05) is 45.3 Å². The number of anilines is 1. The molecular weight excluding hydrogens is 1040 g/mol. The van der Waals surface area contributed by atoms with Gasteiger partial charge in [-0.3, -0.25) is 34.0 Å². The second-order valence-electron chi connectivity index (χ2n) is 22.6. The van der Waals surface area contributed by atoms with Gasteiger partial charge in [0.15, 0.2) is 0 Å². The number of amides is 4. The maximum atomic E-state index is 15.1. The van der Waals surface area contributed by atoms with E-state index in [-0.39, 0.29) is 58.0 Å². The van der Waals surface area contributed by atoms with Gasteiger partial charge >= 0.3 is 12.1 Å². The number of piperidine rings is 1. The number of hydrogen-bond donors (Lipinski definition) is 2. The lowest BCUT2D eigenvalue weighted by Gasteiger charge is -2.44. The van der Waals surface area contributed by atoms with Crippen molar-refractivity contribution >= 4 is 69.1 Å². The van der Waals surface area contributed by atoms with Gasteiger partial charge in [-0.25, -0.2) is 14.8 Å². The molecule has 9 rings (SSSR count). The van der Waals surface area contributed by atoms with Gasteiger partial charge in [-0.2, -0.15) is 13.2 Å². The molecule has 4 fully saturated rings. The van der Waals surface area contributed by atoms with E-state index in [0.29, 0.717) is 88.5 Å². The predicted octanol–water partition coefficient (Wildman–Crippen LogP) is 6.90. The number of piperazine rings is 1. The van der Waals surface area contributed by atoms with E-state index in [2.05, 4.69) is 20.5 Å². The number of aromatic nitrogens is 3. The lowest BCUT2D eigenvalue weighted by atomic mass is 9.77. The zero-order valence-electron chi connectivity index (χ0n) is 44.7. The molecule has 8 heterocycles. The highest BCUT2D eigenvalue weighted by Crippen LogP contribution is 2.45. The Hall–Kier alpha value is -5.42. The SMILES string of the molecule is CO[C@@H](C)c1ncc(N2CCN(C)CC2)cc1-c1c2c3cc(ccc3n1CC(F)(F)F)-c1csc(n1)C[C@H](NC(=O)[C@H](C(C)C)N1CCCC3(CCN(C(=O)[C@H](F)Cl)C3)C1=O)C(=O)N1CCC[C@H](N1)C(=O)OCC(C)(C)C2. The minimum absolute atomic E-state index is 0.0259. The number of hydrazine groups is 1. The summed E-state index contributed by atoms with van der Waals surface area (Å²) >= 11 is 6.76. The molecule has 0 aliphatic carbocycles. The molecule has 3 aromatic heterocycles. The van der Waals surface area contributed by atoms with Crippen molar-refractivity contribution in [1.29, 1.82) is 0 Å². The number of nitrogens with one attached hydrogen (secondary N) is 2. The summed E-state index contributed by atoms with van der Waals surface area (Å²) in [5.41, 5.74) is 3.03. The normalized spacial score (nSPS) is 24.1. The van der Waals surface area contributed by atoms with Gasteiger partial charge < -0.3 is 39.0 Å².